The largest absolute Gasteiger partial charge is 0.297 e. The van der Waals surface area contributed by atoms with E-state index in [0.29, 0.717) is 17.3 Å². The molecule has 184 valence electrons. The predicted octanol–water partition coefficient (Wildman–Crippen LogP) is 5.64. The number of aromatic nitrogens is 3. The van der Waals surface area contributed by atoms with Gasteiger partial charge in [-0.3, -0.25) is 14.4 Å². The molecule has 1 fully saturated rings. The van der Waals surface area contributed by atoms with E-state index in [4.69, 9.17) is 17.3 Å². The van der Waals surface area contributed by atoms with E-state index < -0.39 is 11.6 Å². The highest BCUT2D eigenvalue weighted by atomic mass is 32.1. The van der Waals surface area contributed by atoms with Gasteiger partial charge in [-0.05, 0) is 29.9 Å². The van der Waals surface area contributed by atoms with E-state index in [1.807, 2.05) is 48.5 Å². The zero-order chi connectivity index (χ0) is 24.9. The van der Waals surface area contributed by atoms with Crippen molar-refractivity contribution in [3.63, 3.8) is 0 Å². The van der Waals surface area contributed by atoms with Crippen LogP contribution >= 0.6 is 12.2 Å². The van der Waals surface area contributed by atoms with E-state index in [2.05, 4.69) is 34.1 Å². The number of nitrogens with zero attached hydrogens (tertiary/aromatic N) is 5. The second kappa shape index (κ2) is 11.1. The fourth-order valence-corrected chi connectivity index (χ4v) is 4.64. The summed E-state index contributed by atoms with van der Waals surface area (Å²) in [5.74, 6) is -0.788. The Labute approximate surface area is 214 Å². The normalized spacial score (nSPS) is 15.1. The molecule has 0 saturated carbocycles. The van der Waals surface area contributed by atoms with Crippen molar-refractivity contribution in [1.82, 2.24) is 24.1 Å². The van der Waals surface area contributed by atoms with Gasteiger partial charge in [-0.1, -0.05) is 72.8 Å². The molecule has 3 aromatic carbocycles. The van der Waals surface area contributed by atoms with Gasteiger partial charge in [0.1, 0.15) is 11.6 Å². The SMILES string of the molecule is Fc1ccc(-n2c(-c3ccccc3)nn(CN3CCN(C/C=C/c4ccccc4)CC3)c2=S)c(F)c1. The van der Waals surface area contributed by atoms with E-state index in [0.717, 1.165) is 44.4 Å². The van der Waals surface area contributed by atoms with Gasteiger partial charge < -0.3 is 0 Å². The van der Waals surface area contributed by atoms with E-state index in [1.165, 1.54) is 17.7 Å². The number of hydrogen-bond donors (Lipinski definition) is 0. The lowest BCUT2D eigenvalue weighted by molar-refractivity contribution is 0.110. The summed E-state index contributed by atoms with van der Waals surface area (Å²) in [7, 11) is 0. The van der Waals surface area contributed by atoms with Gasteiger partial charge in [0.25, 0.3) is 0 Å². The Morgan fingerprint density at radius 1 is 0.833 bits per heavy atom. The van der Waals surface area contributed by atoms with Crippen molar-refractivity contribution >= 4 is 18.3 Å². The number of halogens is 2. The van der Waals surface area contributed by atoms with E-state index in [1.54, 1.807) is 9.25 Å². The van der Waals surface area contributed by atoms with Gasteiger partial charge in [-0.25, -0.2) is 13.5 Å². The minimum absolute atomic E-state index is 0.182. The third-order valence-corrected chi connectivity index (χ3v) is 6.69. The monoisotopic (exact) mass is 503 g/mol. The Bertz CT molecular complexity index is 1390. The first-order valence-electron chi connectivity index (χ1n) is 12.0. The number of hydrogen-bond acceptors (Lipinski definition) is 4. The fourth-order valence-electron chi connectivity index (χ4n) is 4.36. The number of piperazine rings is 1. The smallest absolute Gasteiger partial charge is 0.204 e. The molecule has 4 aromatic rings. The van der Waals surface area contributed by atoms with Gasteiger partial charge in [0.2, 0.25) is 4.77 Å². The van der Waals surface area contributed by atoms with E-state index >= 15 is 0 Å². The van der Waals surface area contributed by atoms with Crippen LogP contribution in [0.4, 0.5) is 8.78 Å². The average molecular weight is 504 g/mol. The molecule has 8 heteroatoms. The lowest BCUT2D eigenvalue weighted by atomic mass is 10.2. The lowest BCUT2D eigenvalue weighted by Gasteiger charge is -2.33. The van der Waals surface area contributed by atoms with Crippen LogP contribution in [-0.4, -0.2) is 56.9 Å². The summed E-state index contributed by atoms with van der Waals surface area (Å²) in [5, 5.41) is 4.76. The number of benzene rings is 3. The molecule has 0 radical (unpaired) electrons. The molecule has 0 amide bonds. The zero-order valence-corrected chi connectivity index (χ0v) is 20.6. The Morgan fingerprint density at radius 2 is 1.50 bits per heavy atom. The van der Waals surface area contributed by atoms with Crippen LogP contribution < -0.4 is 0 Å². The van der Waals surface area contributed by atoms with Crippen molar-refractivity contribution in [2.24, 2.45) is 0 Å². The Balaban J connectivity index is 1.31. The first kappa shape index (κ1) is 24.2. The molecule has 5 nitrogen and oxygen atoms in total. The lowest BCUT2D eigenvalue weighted by Crippen LogP contribution is -2.46. The van der Waals surface area contributed by atoms with Crippen molar-refractivity contribution < 1.29 is 8.78 Å². The summed E-state index contributed by atoms with van der Waals surface area (Å²) in [6.45, 7) is 5.02. The van der Waals surface area contributed by atoms with E-state index in [-0.39, 0.29) is 5.69 Å². The van der Waals surface area contributed by atoms with Crippen LogP contribution in [0, 0.1) is 16.4 Å². The van der Waals surface area contributed by atoms with Gasteiger partial charge >= 0.3 is 0 Å². The highest BCUT2D eigenvalue weighted by molar-refractivity contribution is 7.71. The molecule has 1 aromatic heterocycles. The molecular formula is C28H27F2N5S. The van der Waals surface area contributed by atoms with Crippen molar-refractivity contribution in [2.75, 3.05) is 32.7 Å². The summed E-state index contributed by atoms with van der Waals surface area (Å²) in [4.78, 5) is 4.71. The molecule has 2 heterocycles. The highest BCUT2D eigenvalue weighted by Crippen LogP contribution is 2.25. The molecule has 0 atom stereocenters. The molecule has 0 aliphatic carbocycles. The standard InChI is InChI=1S/C28H27F2N5S/c29-24-13-14-26(25(30)20-24)35-27(23-11-5-2-6-12-23)31-34(28(35)36)21-33-18-16-32(17-19-33)15-7-10-22-8-3-1-4-9-22/h1-14,20H,15-19,21H2/b10-7+. The summed E-state index contributed by atoms with van der Waals surface area (Å²) in [6, 6.07) is 23.3. The molecule has 1 saturated heterocycles. The Kier molecular flexibility index (Phi) is 7.46. The predicted molar refractivity (Wildman–Crippen MR) is 141 cm³/mol. The van der Waals surface area contributed by atoms with Crippen LogP contribution in [0.3, 0.4) is 0 Å². The molecule has 36 heavy (non-hydrogen) atoms. The Hall–Kier alpha value is -3.46. The van der Waals surface area contributed by atoms with Crippen LogP contribution in [0.1, 0.15) is 5.56 Å². The summed E-state index contributed by atoms with van der Waals surface area (Å²) < 4.78 is 32.0. The van der Waals surface area contributed by atoms with Gasteiger partial charge in [0.05, 0.1) is 12.4 Å². The van der Waals surface area contributed by atoms with Gasteiger partial charge in [0.15, 0.2) is 5.82 Å². The molecule has 1 aliphatic rings. The van der Waals surface area contributed by atoms with Crippen LogP contribution in [-0.2, 0) is 6.67 Å². The van der Waals surface area contributed by atoms with Crippen LogP contribution in [0.15, 0.2) is 84.9 Å². The third-order valence-electron chi connectivity index (χ3n) is 6.29. The van der Waals surface area contributed by atoms with Crippen molar-refractivity contribution in [1.29, 1.82) is 0 Å². The third kappa shape index (κ3) is 5.51. The molecule has 0 N–H and O–H groups in total. The van der Waals surface area contributed by atoms with Gasteiger partial charge in [0, 0.05) is 44.4 Å². The fraction of sp³-hybridized carbons (Fsp3) is 0.214. The quantitative estimate of drug-likeness (QED) is 0.306. The molecule has 1 aliphatic heterocycles. The maximum atomic E-state index is 14.8. The van der Waals surface area contributed by atoms with Gasteiger partial charge in [-0.2, -0.15) is 0 Å². The molecular weight excluding hydrogens is 476 g/mol. The highest BCUT2D eigenvalue weighted by Gasteiger charge is 2.21. The van der Waals surface area contributed by atoms with Crippen molar-refractivity contribution in [2.45, 2.75) is 6.67 Å². The van der Waals surface area contributed by atoms with Crippen LogP contribution in [0.2, 0.25) is 0 Å². The van der Waals surface area contributed by atoms with Gasteiger partial charge in [-0.15, -0.1) is 5.10 Å². The minimum atomic E-state index is -0.681. The summed E-state index contributed by atoms with van der Waals surface area (Å²) in [6.07, 6.45) is 4.35. The minimum Gasteiger partial charge on any atom is -0.297 e. The summed E-state index contributed by atoms with van der Waals surface area (Å²) >= 11 is 5.74. The molecule has 0 bridgehead atoms. The van der Waals surface area contributed by atoms with Crippen molar-refractivity contribution in [3.8, 4) is 17.1 Å². The first-order chi connectivity index (χ1) is 17.6. The second-order valence-corrected chi connectivity index (χ2v) is 9.14. The van der Waals surface area contributed by atoms with Crippen molar-refractivity contribution in [3.05, 3.63) is 107 Å². The molecule has 5 rings (SSSR count). The maximum Gasteiger partial charge on any atom is 0.204 e. The zero-order valence-electron chi connectivity index (χ0n) is 19.8. The van der Waals surface area contributed by atoms with Crippen LogP contribution in [0.25, 0.3) is 23.2 Å². The van der Waals surface area contributed by atoms with E-state index in [9.17, 15) is 8.78 Å². The molecule has 0 unspecified atom stereocenters. The topological polar surface area (TPSA) is 29.2 Å². The number of rotatable bonds is 7. The first-order valence-corrected chi connectivity index (χ1v) is 12.4. The molecule has 0 spiro atoms. The van der Waals surface area contributed by atoms with Crippen LogP contribution in [0.5, 0.6) is 0 Å². The maximum absolute atomic E-state index is 14.8. The average Bonchev–Trinajstić information content (AvgIpc) is 3.22. The summed E-state index contributed by atoms with van der Waals surface area (Å²) in [5.41, 5.74) is 2.19. The second-order valence-electron chi connectivity index (χ2n) is 8.78. The Morgan fingerprint density at radius 3 is 2.19 bits per heavy atom.